The molecule has 0 unspecified atom stereocenters. The van der Waals surface area contributed by atoms with Crippen LogP contribution in [0.5, 0.6) is 0 Å². The van der Waals surface area contributed by atoms with Crippen molar-refractivity contribution < 1.29 is 19.1 Å². The second-order valence-corrected chi connectivity index (χ2v) is 10.8. The lowest BCUT2D eigenvalue weighted by Crippen LogP contribution is -2.54. The summed E-state index contributed by atoms with van der Waals surface area (Å²) < 4.78 is 5.52. The summed E-state index contributed by atoms with van der Waals surface area (Å²) in [5, 5.41) is 2.96. The summed E-state index contributed by atoms with van der Waals surface area (Å²) in [6.45, 7) is 8.32. The number of ether oxygens (including phenoxy) is 1. The Morgan fingerprint density at radius 2 is 1.83 bits per heavy atom. The van der Waals surface area contributed by atoms with Crippen molar-refractivity contribution in [3.63, 3.8) is 0 Å². The quantitative estimate of drug-likeness (QED) is 0.579. The van der Waals surface area contributed by atoms with E-state index in [-0.39, 0.29) is 36.7 Å². The molecule has 0 spiro atoms. The zero-order chi connectivity index (χ0) is 25.4. The number of carbonyl (C=O) groups is 3. The molecule has 196 valence electrons. The fourth-order valence-electron chi connectivity index (χ4n) is 5.93. The van der Waals surface area contributed by atoms with Crippen LogP contribution in [0.1, 0.15) is 49.9 Å². The van der Waals surface area contributed by atoms with Crippen LogP contribution in [0.3, 0.4) is 0 Å². The standard InChI is InChI=1S/C27H39N5O4/c1-3-17(2)23(27(35)32-15-21(28)25-24(32)22(33)16-36-25)29-26(34)18-7-9-20(10-8-18)31-13-11-30(12-14-31)19-5-4-6-19/h7-10,17,19,21,23-25H,3-6,11-16,28H2,1-2H3,(H,29,34)/t17-,21+,23-,24+,25+/m0/s1. The van der Waals surface area contributed by atoms with E-state index >= 15 is 0 Å². The fraction of sp³-hybridized carbons (Fsp3) is 0.667. The van der Waals surface area contributed by atoms with E-state index in [9.17, 15) is 14.4 Å². The van der Waals surface area contributed by atoms with Gasteiger partial charge >= 0.3 is 0 Å². The van der Waals surface area contributed by atoms with E-state index in [1.807, 2.05) is 38.1 Å². The molecule has 2 amide bonds. The largest absolute Gasteiger partial charge is 0.369 e. The summed E-state index contributed by atoms with van der Waals surface area (Å²) in [7, 11) is 0. The van der Waals surface area contributed by atoms with Crippen LogP contribution in [0, 0.1) is 5.92 Å². The number of Topliss-reactive ketones (excluding diaryl/α,β-unsaturated/α-hetero) is 1. The summed E-state index contributed by atoms with van der Waals surface area (Å²) >= 11 is 0. The number of amides is 2. The zero-order valence-electron chi connectivity index (χ0n) is 21.4. The predicted molar refractivity (Wildman–Crippen MR) is 137 cm³/mol. The fourth-order valence-corrected chi connectivity index (χ4v) is 5.93. The Hall–Kier alpha value is -2.49. The number of carbonyl (C=O) groups excluding carboxylic acids is 3. The smallest absolute Gasteiger partial charge is 0.251 e. The molecule has 5 atom stereocenters. The number of piperazine rings is 1. The molecule has 3 saturated heterocycles. The van der Waals surface area contributed by atoms with Gasteiger partial charge in [-0.1, -0.05) is 26.7 Å². The van der Waals surface area contributed by atoms with Gasteiger partial charge in [-0.2, -0.15) is 0 Å². The molecule has 1 aromatic rings. The number of anilines is 1. The molecular weight excluding hydrogens is 458 g/mol. The SMILES string of the molecule is CC[C@H](C)[C@H](NC(=O)c1ccc(N2CCN(C3CCC3)CC2)cc1)C(=O)N1C[C@@H](N)[C@H]2OCC(=O)[C@H]21. The van der Waals surface area contributed by atoms with E-state index in [1.54, 1.807) is 0 Å². The number of hydrogen-bond donors (Lipinski definition) is 2. The first-order valence-electron chi connectivity index (χ1n) is 13.5. The highest BCUT2D eigenvalue weighted by Gasteiger charge is 2.52. The highest BCUT2D eigenvalue weighted by molar-refractivity contribution is 5.99. The number of fused-ring (bicyclic) bond motifs is 1. The summed E-state index contributed by atoms with van der Waals surface area (Å²) in [6, 6.07) is 6.64. The van der Waals surface area contributed by atoms with Crippen molar-refractivity contribution in [1.29, 1.82) is 0 Å². The molecule has 1 aliphatic carbocycles. The average molecular weight is 498 g/mol. The van der Waals surface area contributed by atoms with Gasteiger partial charge in [0.15, 0.2) is 5.78 Å². The van der Waals surface area contributed by atoms with E-state index in [1.165, 1.54) is 24.2 Å². The molecule has 9 heteroatoms. The molecule has 9 nitrogen and oxygen atoms in total. The van der Waals surface area contributed by atoms with Crippen LogP contribution >= 0.6 is 0 Å². The molecule has 0 bridgehead atoms. The van der Waals surface area contributed by atoms with Crippen LogP contribution in [-0.4, -0.2) is 97.0 Å². The minimum atomic E-state index is -0.735. The topological polar surface area (TPSA) is 108 Å². The molecular formula is C27H39N5O4. The molecule has 3 aliphatic heterocycles. The first-order chi connectivity index (χ1) is 17.4. The molecule has 5 rings (SSSR count). The van der Waals surface area contributed by atoms with Crippen molar-refractivity contribution in [2.24, 2.45) is 11.7 Å². The van der Waals surface area contributed by atoms with Gasteiger partial charge < -0.3 is 25.6 Å². The third-order valence-electron chi connectivity index (χ3n) is 8.67. The number of ketones is 1. The minimum absolute atomic E-state index is 0.0187. The van der Waals surface area contributed by atoms with Gasteiger partial charge in [0.2, 0.25) is 5.91 Å². The molecule has 4 aliphatic rings. The maximum absolute atomic E-state index is 13.5. The maximum atomic E-state index is 13.5. The Morgan fingerprint density at radius 3 is 2.44 bits per heavy atom. The first-order valence-corrected chi connectivity index (χ1v) is 13.5. The molecule has 3 N–H and O–H groups in total. The lowest BCUT2D eigenvalue weighted by Gasteiger charge is -2.43. The van der Waals surface area contributed by atoms with Crippen LogP contribution in [0.15, 0.2) is 24.3 Å². The molecule has 36 heavy (non-hydrogen) atoms. The van der Waals surface area contributed by atoms with Gasteiger partial charge in [-0.15, -0.1) is 0 Å². The number of rotatable bonds is 7. The third-order valence-corrected chi connectivity index (χ3v) is 8.67. The van der Waals surface area contributed by atoms with Gasteiger partial charge in [0.25, 0.3) is 5.91 Å². The van der Waals surface area contributed by atoms with E-state index in [2.05, 4.69) is 15.1 Å². The van der Waals surface area contributed by atoms with Crippen molar-refractivity contribution in [2.45, 2.75) is 69.8 Å². The normalized spacial score (nSPS) is 28.5. The Bertz CT molecular complexity index is 973. The summed E-state index contributed by atoms with van der Waals surface area (Å²) in [5.74, 6) is -0.774. The third kappa shape index (κ3) is 4.76. The predicted octanol–water partition coefficient (Wildman–Crippen LogP) is 1.01. The molecule has 1 aromatic carbocycles. The van der Waals surface area contributed by atoms with Crippen molar-refractivity contribution in [2.75, 3.05) is 44.2 Å². The molecule has 0 aromatic heterocycles. The van der Waals surface area contributed by atoms with Crippen molar-refractivity contribution in [3.05, 3.63) is 29.8 Å². The van der Waals surface area contributed by atoms with E-state index in [0.717, 1.165) is 37.9 Å². The van der Waals surface area contributed by atoms with Gasteiger partial charge in [-0.25, -0.2) is 0 Å². The lowest BCUT2D eigenvalue weighted by atomic mass is 9.91. The second-order valence-electron chi connectivity index (χ2n) is 10.8. The second kappa shape index (κ2) is 10.5. The van der Waals surface area contributed by atoms with Crippen LogP contribution in [0.25, 0.3) is 0 Å². The van der Waals surface area contributed by atoms with Crippen molar-refractivity contribution in [3.8, 4) is 0 Å². The van der Waals surface area contributed by atoms with E-state index < -0.39 is 24.2 Å². The Kier molecular flexibility index (Phi) is 7.32. The summed E-state index contributed by atoms with van der Waals surface area (Å²) in [5.41, 5.74) is 7.79. The lowest BCUT2D eigenvalue weighted by molar-refractivity contribution is -0.139. The average Bonchev–Trinajstić information content (AvgIpc) is 3.41. The first kappa shape index (κ1) is 25.2. The summed E-state index contributed by atoms with van der Waals surface area (Å²) in [6.07, 6.45) is 4.27. The van der Waals surface area contributed by atoms with Crippen molar-refractivity contribution >= 4 is 23.3 Å². The highest BCUT2D eigenvalue weighted by Crippen LogP contribution is 2.29. The van der Waals surface area contributed by atoms with Gasteiger partial charge in [0.05, 0.1) is 6.04 Å². The molecule has 0 radical (unpaired) electrons. The van der Waals surface area contributed by atoms with Crippen LogP contribution in [0.4, 0.5) is 5.69 Å². The van der Waals surface area contributed by atoms with Crippen molar-refractivity contribution in [1.82, 2.24) is 15.1 Å². The Balaban J connectivity index is 1.22. The minimum Gasteiger partial charge on any atom is -0.369 e. The number of nitrogens with zero attached hydrogens (tertiary/aromatic N) is 3. The molecule has 1 saturated carbocycles. The maximum Gasteiger partial charge on any atom is 0.251 e. The van der Waals surface area contributed by atoms with E-state index in [0.29, 0.717) is 12.0 Å². The monoisotopic (exact) mass is 497 g/mol. The van der Waals surface area contributed by atoms with Gasteiger partial charge in [-0.05, 0) is 43.0 Å². The zero-order valence-corrected chi connectivity index (χ0v) is 21.4. The summed E-state index contributed by atoms with van der Waals surface area (Å²) in [4.78, 5) is 45.6. The van der Waals surface area contributed by atoms with Gasteiger partial charge in [-0.3, -0.25) is 19.3 Å². The highest BCUT2D eigenvalue weighted by atomic mass is 16.5. The molecule has 3 heterocycles. The number of nitrogens with one attached hydrogen (secondary N) is 1. The Morgan fingerprint density at radius 1 is 1.14 bits per heavy atom. The van der Waals surface area contributed by atoms with E-state index in [4.69, 9.17) is 10.5 Å². The number of hydrogen-bond acceptors (Lipinski definition) is 7. The number of likely N-dealkylation sites (tertiary alicyclic amines) is 1. The van der Waals surface area contributed by atoms with Crippen LogP contribution in [-0.2, 0) is 14.3 Å². The van der Waals surface area contributed by atoms with Gasteiger partial charge in [0, 0.05) is 50.0 Å². The van der Waals surface area contributed by atoms with Crippen LogP contribution < -0.4 is 16.0 Å². The number of benzene rings is 1. The molecule has 4 fully saturated rings. The number of nitrogens with two attached hydrogens (primary N) is 1. The Labute approximate surface area is 213 Å². The van der Waals surface area contributed by atoms with Crippen LogP contribution in [0.2, 0.25) is 0 Å². The van der Waals surface area contributed by atoms with Gasteiger partial charge in [0.1, 0.15) is 24.8 Å².